The van der Waals surface area contributed by atoms with E-state index in [4.69, 9.17) is 19.6 Å². The van der Waals surface area contributed by atoms with Crippen LogP contribution in [0, 0.1) is 0 Å². The maximum absolute atomic E-state index is 10.7. The molecule has 0 bridgehead atoms. The van der Waals surface area contributed by atoms with Crippen LogP contribution >= 0.6 is 8.53 Å². The molecule has 1 aliphatic rings. The van der Waals surface area contributed by atoms with Gasteiger partial charge in [-0.2, -0.15) is 0 Å². The predicted molar refractivity (Wildman–Crippen MR) is 63.1 cm³/mol. The Morgan fingerprint density at radius 3 is 2.16 bits per heavy atom. The number of aliphatic hydroxyl groups excluding tert-OH is 4. The number of hydrogen-bond donors (Lipinski definition) is 8. The zero-order valence-corrected chi connectivity index (χ0v) is 11.0. The number of hydrogen-bond acceptors (Lipinski definition) is 9. The molecule has 1 amide bonds. The van der Waals surface area contributed by atoms with Gasteiger partial charge < -0.3 is 40.3 Å². The Bertz CT molecular complexity index is 279. The van der Waals surface area contributed by atoms with Crippen LogP contribution in [0.1, 0.15) is 6.92 Å². The van der Waals surface area contributed by atoms with Gasteiger partial charge in [-0.3, -0.25) is 10.3 Å². The molecule has 0 aromatic carbocycles. The van der Waals surface area contributed by atoms with Crippen molar-refractivity contribution in [3.05, 3.63) is 0 Å². The monoisotopic (exact) mass is 302 g/mol. The van der Waals surface area contributed by atoms with Crippen LogP contribution in [0.2, 0.25) is 0 Å². The van der Waals surface area contributed by atoms with E-state index in [0.717, 1.165) is 0 Å². The summed E-state index contributed by atoms with van der Waals surface area (Å²) >= 11 is 0. The normalized spacial score (nSPS) is 34.5. The van der Waals surface area contributed by atoms with Crippen molar-refractivity contribution in [2.24, 2.45) is 5.50 Å². The summed E-state index contributed by atoms with van der Waals surface area (Å²) in [6.07, 6.45) is -5.24. The summed E-state index contributed by atoms with van der Waals surface area (Å²) in [5, 5.41) is 39.4. The molecular weight excluding hydrogens is 283 g/mol. The van der Waals surface area contributed by atoms with Gasteiger partial charge in [-0.15, -0.1) is 0 Å². The molecule has 1 saturated heterocycles. The van der Waals surface area contributed by atoms with Crippen LogP contribution in [0.3, 0.4) is 0 Å². The van der Waals surface area contributed by atoms with Crippen LogP contribution in [0.5, 0.6) is 0 Å². The highest BCUT2D eigenvalue weighted by atomic mass is 31.2. The second-order valence-electron chi connectivity index (χ2n) is 3.78. The highest BCUT2D eigenvalue weighted by Crippen LogP contribution is 2.19. The number of rotatable bonds is 2. The minimum atomic E-state index is -2.12. The minimum Gasteiger partial charge on any atom is -0.394 e. The molecule has 11 heteroatoms. The van der Waals surface area contributed by atoms with E-state index in [1.165, 1.54) is 6.92 Å². The van der Waals surface area contributed by atoms with Crippen molar-refractivity contribution in [1.82, 2.24) is 5.32 Å². The second kappa shape index (κ2) is 8.69. The SMILES string of the molecule is CC(=O)N[C@H]1C(O)O[C@H](CO)[C@H](O)[C@@H]1O.NP(O)O. The number of nitrogens with one attached hydrogen (secondary N) is 1. The minimum absolute atomic E-state index is 0.462. The first-order valence-electron chi connectivity index (χ1n) is 5.20. The molecule has 1 unspecified atom stereocenters. The van der Waals surface area contributed by atoms with Gasteiger partial charge in [-0.25, -0.2) is 0 Å². The molecule has 5 atom stereocenters. The molecule has 9 N–H and O–H groups in total. The fraction of sp³-hybridized carbons (Fsp3) is 0.875. The van der Waals surface area contributed by atoms with Crippen molar-refractivity contribution in [1.29, 1.82) is 0 Å². The smallest absolute Gasteiger partial charge is 0.247 e. The van der Waals surface area contributed by atoms with Gasteiger partial charge in [-0.05, 0) is 0 Å². The van der Waals surface area contributed by atoms with Crippen LogP contribution in [0.15, 0.2) is 0 Å². The lowest BCUT2D eigenvalue weighted by atomic mass is 9.97. The topological polar surface area (TPSA) is 186 Å². The van der Waals surface area contributed by atoms with Crippen LogP contribution in [0.4, 0.5) is 0 Å². The summed E-state index contributed by atoms with van der Waals surface area (Å²) in [6, 6.07) is -1.10. The molecule has 10 nitrogen and oxygen atoms in total. The summed E-state index contributed by atoms with van der Waals surface area (Å²) in [7, 11) is -2.12. The molecular formula is C8H19N2O8P. The zero-order chi connectivity index (χ0) is 15.2. The van der Waals surface area contributed by atoms with E-state index in [9.17, 15) is 20.1 Å². The van der Waals surface area contributed by atoms with E-state index in [2.05, 4.69) is 10.8 Å². The average molecular weight is 302 g/mol. The lowest BCUT2D eigenvalue weighted by molar-refractivity contribution is -0.253. The van der Waals surface area contributed by atoms with E-state index in [1.54, 1.807) is 0 Å². The molecule has 0 radical (unpaired) electrons. The number of aliphatic hydroxyl groups is 4. The van der Waals surface area contributed by atoms with Crippen LogP contribution < -0.4 is 10.8 Å². The predicted octanol–water partition coefficient (Wildman–Crippen LogP) is -3.92. The Kier molecular flexibility index (Phi) is 8.50. The van der Waals surface area contributed by atoms with Gasteiger partial charge in [0.1, 0.15) is 24.4 Å². The summed E-state index contributed by atoms with van der Waals surface area (Å²) in [5.74, 6) is -0.462. The van der Waals surface area contributed by atoms with Gasteiger partial charge >= 0.3 is 0 Å². The molecule has 1 aliphatic heterocycles. The summed E-state index contributed by atoms with van der Waals surface area (Å²) in [5.41, 5.74) is 4.29. The Hall–Kier alpha value is -0.420. The van der Waals surface area contributed by atoms with E-state index < -0.39 is 51.7 Å². The fourth-order valence-corrected chi connectivity index (χ4v) is 1.49. The molecule has 0 aromatic rings. The molecule has 1 heterocycles. The first-order chi connectivity index (χ1) is 8.70. The highest BCUT2D eigenvalue weighted by Gasteiger charge is 2.43. The van der Waals surface area contributed by atoms with Crippen LogP contribution in [-0.2, 0) is 9.53 Å². The average Bonchev–Trinajstić information content (AvgIpc) is 2.28. The Morgan fingerprint density at radius 2 is 1.79 bits per heavy atom. The quantitative estimate of drug-likeness (QED) is 0.236. The summed E-state index contributed by atoms with van der Waals surface area (Å²) in [4.78, 5) is 25.6. The van der Waals surface area contributed by atoms with Crippen molar-refractivity contribution in [2.45, 2.75) is 37.6 Å². The third kappa shape index (κ3) is 6.52. The number of carbonyl (C=O) groups excluding carboxylic acids is 1. The third-order valence-electron chi connectivity index (χ3n) is 2.27. The van der Waals surface area contributed by atoms with E-state index >= 15 is 0 Å². The Morgan fingerprint density at radius 1 is 1.32 bits per heavy atom. The zero-order valence-electron chi connectivity index (χ0n) is 10.1. The lowest BCUT2D eigenvalue weighted by Crippen LogP contribution is -2.63. The Labute approximate surface area is 110 Å². The number of carbonyl (C=O) groups is 1. The van der Waals surface area contributed by atoms with Gasteiger partial charge in [0, 0.05) is 6.92 Å². The van der Waals surface area contributed by atoms with Crippen molar-refractivity contribution in [3.63, 3.8) is 0 Å². The van der Waals surface area contributed by atoms with Gasteiger partial charge in [-0.1, -0.05) is 0 Å². The molecule has 19 heavy (non-hydrogen) atoms. The van der Waals surface area contributed by atoms with Crippen molar-refractivity contribution >= 4 is 14.4 Å². The summed E-state index contributed by atoms with van der Waals surface area (Å²) < 4.78 is 4.81. The molecule has 1 rings (SSSR count). The number of ether oxygens (including phenoxy) is 1. The molecule has 0 aliphatic carbocycles. The molecule has 0 aromatic heterocycles. The molecule has 114 valence electrons. The highest BCUT2D eigenvalue weighted by molar-refractivity contribution is 7.42. The first kappa shape index (κ1) is 18.6. The largest absolute Gasteiger partial charge is 0.394 e. The fourth-order valence-electron chi connectivity index (χ4n) is 1.49. The number of nitrogens with two attached hydrogens (primary N) is 1. The maximum atomic E-state index is 10.7. The van der Waals surface area contributed by atoms with Gasteiger partial charge in [0.05, 0.1) is 6.61 Å². The van der Waals surface area contributed by atoms with Gasteiger partial charge in [0.25, 0.3) is 0 Å². The maximum Gasteiger partial charge on any atom is 0.247 e. The molecule has 1 fully saturated rings. The number of amides is 1. The summed E-state index contributed by atoms with van der Waals surface area (Å²) in [6.45, 7) is 0.687. The first-order valence-corrected chi connectivity index (χ1v) is 6.52. The molecule has 0 spiro atoms. The standard InChI is InChI=1S/C8H15NO6.H4NO2P/c1-3(11)9-5-7(13)6(12)4(2-10)15-8(5)14;1-4(2)3/h4-8,10,12-14H,2H2,1H3,(H,9,11);2-3H,1H2/t4-,5-,6+,7-,8?;/m1./s1. The van der Waals surface area contributed by atoms with Crippen molar-refractivity contribution in [3.8, 4) is 0 Å². The van der Waals surface area contributed by atoms with Crippen LogP contribution in [-0.4, -0.2) is 73.4 Å². The van der Waals surface area contributed by atoms with Crippen molar-refractivity contribution in [2.75, 3.05) is 6.61 Å². The van der Waals surface area contributed by atoms with Crippen molar-refractivity contribution < 1.29 is 39.7 Å². The van der Waals surface area contributed by atoms with Gasteiger partial charge in [0.15, 0.2) is 6.29 Å². The van der Waals surface area contributed by atoms with Gasteiger partial charge in [0.2, 0.25) is 14.4 Å². The molecule has 0 saturated carbocycles. The second-order valence-corrected chi connectivity index (χ2v) is 4.42. The third-order valence-corrected chi connectivity index (χ3v) is 2.27. The van der Waals surface area contributed by atoms with E-state index in [-0.39, 0.29) is 0 Å². The van der Waals surface area contributed by atoms with E-state index in [1.807, 2.05) is 0 Å². The van der Waals surface area contributed by atoms with E-state index in [0.29, 0.717) is 0 Å². The van der Waals surface area contributed by atoms with Crippen LogP contribution in [0.25, 0.3) is 0 Å². The Balaban J connectivity index is 0.000000711. The lowest BCUT2D eigenvalue weighted by Gasteiger charge is -2.40.